The van der Waals surface area contributed by atoms with E-state index in [1.807, 2.05) is 59.5 Å². The maximum absolute atomic E-state index is 12.8. The summed E-state index contributed by atoms with van der Waals surface area (Å²) in [6.45, 7) is 1.27. The number of carbonyl (C=O) groups excluding carboxylic acids is 1. The van der Waals surface area contributed by atoms with Crippen molar-refractivity contribution in [2.75, 3.05) is 18.6 Å². The molecule has 1 amide bonds. The number of hydrogen-bond donors (Lipinski definition) is 1. The molecule has 0 bridgehead atoms. The van der Waals surface area contributed by atoms with Gasteiger partial charge < -0.3 is 15.0 Å². The van der Waals surface area contributed by atoms with Crippen molar-refractivity contribution in [2.45, 2.75) is 13.1 Å². The summed E-state index contributed by atoms with van der Waals surface area (Å²) in [7, 11) is 1.57. The lowest BCUT2D eigenvalue weighted by Gasteiger charge is -2.16. The average molecular weight is 377 g/mol. The van der Waals surface area contributed by atoms with Crippen molar-refractivity contribution < 1.29 is 9.53 Å². The second-order valence-electron chi connectivity index (χ2n) is 6.29. The van der Waals surface area contributed by atoms with Crippen molar-refractivity contribution in [2.24, 2.45) is 0 Å². The lowest BCUT2D eigenvalue weighted by atomic mass is 10.2. The molecule has 1 N–H and O–H groups in total. The standard InChI is InChI=1S/C20H19N5O3/c1-28-16-10-6-5-7-14(16)13-21-18(26)17-19(27)25-12-11-24(20(25)23-22-17)15-8-3-2-4-9-15/h2-10H,11-13H2,1H3,(H,21,26). The highest BCUT2D eigenvalue weighted by Crippen LogP contribution is 2.25. The van der Waals surface area contributed by atoms with Gasteiger partial charge in [-0.2, -0.15) is 0 Å². The number of aromatic nitrogens is 3. The van der Waals surface area contributed by atoms with Crippen LogP contribution in [0.2, 0.25) is 0 Å². The minimum Gasteiger partial charge on any atom is -0.496 e. The Hall–Kier alpha value is -3.68. The molecule has 0 saturated heterocycles. The predicted molar refractivity (Wildman–Crippen MR) is 104 cm³/mol. The first-order valence-electron chi connectivity index (χ1n) is 8.89. The van der Waals surface area contributed by atoms with E-state index in [9.17, 15) is 9.59 Å². The predicted octanol–water partition coefficient (Wildman–Crippen LogP) is 1.73. The van der Waals surface area contributed by atoms with E-state index in [1.54, 1.807) is 7.11 Å². The molecule has 0 unspecified atom stereocenters. The number of fused-ring (bicyclic) bond motifs is 1. The smallest absolute Gasteiger partial charge is 0.286 e. The van der Waals surface area contributed by atoms with E-state index in [-0.39, 0.29) is 12.2 Å². The summed E-state index contributed by atoms with van der Waals surface area (Å²) in [6, 6.07) is 17.0. The van der Waals surface area contributed by atoms with Gasteiger partial charge in [-0.05, 0) is 18.2 Å². The molecule has 0 fully saturated rings. The Morgan fingerprint density at radius 3 is 2.61 bits per heavy atom. The van der Waals surface area contributed by atoms with Crippen LogP contribution in [-0.2, 0) is 13.1 Å². The second kappa shape index (κ2) is 7.51. The summed E-state index contributed by atoms with van der Waals surface area (Å²) in [4.78, 5) is 27.2. The summed E-state index contributed by atoms with van der Waals surface area (Å²) in [5.74, 6) is 0.549. The zero-order valence-corrected chi connectivity index (χ0v) is 15.3. The minimum absolute atomic E-state index is 0.214. The zero-order chi connectivity index (χ0) is 19.5. The SMILES string of the molecule is COc1ccccc1CNC(=O)c1nnc2n(c1=O)CCN2c1ccccc1. The van der Waals surface area contributed by atoms with Crippen LogP contribution in [0.15, 0.2) is 59.4 Å². The highest BCUT2D eigenvalue weighted by atomic mass is 16.5. The van der Waals surface area contributed by atoms with Crippen molar-refractivity contribution >= 4 is 17.5 Å². The van der Waals surface area contributed by atoms with E-state index in [4.69, 9.17) is 4.74 Å². The molecule has 28 heavy (non-hydrogen) atoms. The number of carbonyl (C=O) groups is 1. The Morgan fingerprint density at radius 2 is 1.82 bits per heavy atom. The van der Waals surface area contributed by atoms with Crippen molar-refractivity contribution in [3.63, 3.8) is 0 Å². The van der Waals surface area contributed by atoms with Crippen LogP contribution in [0.5, 0.6) is 5.75 Å². The fraction of sp³-hybridized carbons (Fsp3) is 0.200. The van der Waals surface area contributed by atoms with Crippen LogP contribution in [-0.4, -0.2) is 34.3 Å². The van der Waals surface area contributed by atoms with Gasteiger partial charge in [-0.25, -0.2) is 0 Å². The number of hydrogen-bond acceptors (Lipinski definition) is 6. The fourth-order valence-corrected chi connectivity index (χ4v) is 3.21. The van der Waals surface area contributed by atoms with Crippen LogP contribution in [0.25, 0.3) is 0 Å². The summed E-state index contributed by atoms with van der Waals surface area (Å²) < 4.78 is 6.75. The average Bonchev–Trinajstić information content (AvgIpc) is 3.18. The first-order chi connectivity index (χ1) is 13.7. The molecule has 8 nitrogen and oxygen atoms in total. The number of methoxy groups -OCH3 is 1. The Balaban J connectivity index is 1.55. The summed E-state index contributed by atoms with van der Waals surface area (Å²) in [5.41, 5.74) is 1.08. The van der Waals surface area contributed by atoms with Gasteiger partial charge in [0, 0.05) is 30.9 Å². The number of nitrogens with zero attached hydrogens (tertiary/aromatic N) is 4. The van der Waals surface area contributed by atoms with E-state index in [0.717, 1.165) is 11.3 Å². The van der Waals surface area contributed by atoms with Crippen LogP contribution >= 0.6 is 0 Å². The van der Waals surface area contributed by atoms with Gasteiger partial charge in [0.05, 0.1) is 7.11 Å². The second-order valence-corrected chi connectivity index (χ2v) is 6.29. The maximum Gasteiger partial charge on any atom is 0.286 e. The summed E-state index contributed by atoms with van der Waals surface area (Å²) in [6.07, 6.45) is 0. The van der Waals surface area contributed by atoms with Gasteiger partial charge in [0.1, 0.15) is 5.75 Å². The summed E-state index contributed by atoms with van der Waals surface area (Å²) in [5, 5.41) is 10.8. The molecule has 3 aromatic rings. The molecule has 0 atom stereocenters. The Bertz CT molecular complexity index is 1060. The van der Waals surface area contributed by atoms with Gasteiger partial charge in [0.15, 0.2) is 0 Å². The zero-order valence-electron chi connectivity index (χ0n) is 15.3. The van der Waals surface area contributed by atoms with E-state index in [0.29, 0.717) is 24.8 Å². The molecule has 0 saturated carbocycles. The highest BCUT2D eigenvalue weighted by molar-refractivity contribution is 5.91. The molecule has 1 aliphatic heterocycles. The van der Waals surface area contributed by atoms with E-state index in [1.165, 1.54) is 4.57 Å². The van der Waals surface area contributed by atoms with Crippen LogP contribution in [0, 0.1) is 0 Å². The minimum atomic E-state index is -0.558. The first-order valence-corrected chi connectivity index (χ1v) is 8.89. The van der Waals surface area contributed by atoms with Gasteiger partial charge in [0.2, 0.25) is 11.6 Å². The Kier molecular flexibility index (Phi) is 4.76. The Labute approximate surface area is 161 Å². The van der Waals surface area contributed by atoms with Crippen molar-refractivity contribution in [1.29, 1.82) is 0 Å². The van der Waals surface area contributed by atoms with Gasteiger partial charge in [-0.1, -0.05) is 36.4 Å². The molecular weight excluding hydrogens is 358 g/mol. The lowest BCUT2D eigenvalue weighted by molar-refractivity contribution is 0.0942. The fourth-order valence-electron chi connectivity index (χ4n) is 3.21. The van der Waals surface area contributed by atoms with Gasteiger partial charge in [0.25, 0.3) is 11.5 Å². The number of anilines is 2. The van der Waals surface area contributed by atoms with Crippen LogP contribution in [0.4, 0.5) is 11.6 Å². The molecule has 2 aromatic carbocycles. The molecule has 2 heterocycles. The van der Waals surface area contributed by atoms with Crippen LogP contribution < -0.4 is 20.5 Å². The van der Waals surface area contributed by atoms with Gasteiger partial charge in [-0.3, -0.25) is 14.2 Å². The van der Waals surface area contributed by atoms with E-state index < -0.39 is 11.5 Å². The number of amides is 1. The first kappa shape index (κ1) is 17.7. The highest BCUT2D eigenvalue weighted by Gasteiger charge is 2.27. The molecule has 0 spiro atoms. The number of benzene rings is 2. The number of ether oxygens (including phenoxy) is 1. The monoisotopic (exact) mass is 377 g/mol. The number of nitrogens with one attached hydrogen (secondary N) is 1. The molecule has 4 rings (SSSR count). The van der Waals surface area contributed by atoms with Gasteiger partial charge in [-0.15, -0.1) is 10.2 Å². The molecule has 0 radical (unpaired) electrons. The van der Waals surface area contributed by atoms with Crippen LogP contribution in [0.1, 0.15) is 16.1 Å². The summed E-state index contributed by atoms with van der Waals surface area (Å²) >= 11 is 0. The third-order valence-electron chi connectivity index (χ3n) is 4.63. The Morgan fingerprint density at radius 1 is 1.07 bits per heavy atom. The van der Waals surface area contributed by atoms with E-state index in [2.05, 4.69) is 15.5 Å². The molecule has 0 aliphatic carbocycles. The molecule has 142 valence electrons. The number of para-hydroxylation sites is 2. The molecular formula is C20H19N5O3. The lowest BCUT2D eigenvalue weighted by Crippen LogP contribution is -2.34. The number of rotatable bonds is 5. The third kappa shape index (κ3) is 3.20. The molecule has 1 aliphatic rings. The largest absolute Gasteiger partial charge is 0.496 e. The molecule has 1 aromatic heterocycles. The maximum atomic E-state index is 12.8. The van der Waals surface area contributed by atoms with Crippen molar-refractivity contribution in [1.82, 2.24) is 20.1 Å². The van der Waals surface area contributed by atoms with Crippen LogP contribution in [0.3, 0.4) is 0 Å². The van der Waals surface area contributed by atoms with Crippen molar-refractivity contribution in [3.05, 3.63) is 76.2 Å². The van der Waals surface area contributed by atoms with Crippen molar-refractivity contribution in [3.8, 4) is 5.75 Å². The third-order valence-corrected chi connectivity index (χ3v) is 4.63. The normalized spacial score (nSPS) is 12.5. The molecule has 8 heteroatoms. The quantitative estimate of drug-likeness (QED) is 0.728. The topological polar surface area (TPSA) is 89.3 Å². The van der Waals surface area contributed by atoms with E-state index >= 15 is 0 Å². The van der Waals surface area contributed by atoms with Gasteiger partial charge >= 0.3 is 0 Å².